The van der Waals surface area contributed by atoms with Gasteiger partial charge in [0.15, 0.2) is 0 Å². The Bertz CT molecular complexity index is 427. The van der Waals surface area contributed by atoms with Gasteiger partial charge in [0.05, 0.1) is 11.7 Å². The summed E-state index contributed by atoms with van der Waals surface area (Å²) in [4.78, 5) is 0. The molecule has 2 nitrogen and oxygen atoms in total. The molecule has 19 heavy (non-hydrogen) atoms. The van der Waals surface area contributed by atoms with E-state index in [4.69, 9.17) is 0 Å². The van der Waals surface area contributed by atoms with Crippen molar-refractivity contribution in [2.45, 2.75) is 38.1 Å². The average molecular weight is 273 g/mol. The lowest BCUT2D eigenvalue weighted by molar-refractivity contribution is -0.137. The molecule has 106 valence electrons. The summed E-state index contributed by atoms with van der Waals surface area (Å²) in [5.41, 5.74) is 0.0347. The van der Waals surface area contributed by atoms with Gasteiger partial charge in [-0.05, 0) is 43.4 Å². The van der Waals surface area contributed by atoms with Crippen molar-refractivity contribution in [1.29, 1.82) is 0 Å². The van der Waals surface area contributed by atoms with E-state index in [0.29, 0.717) is 18.0 Å². The monoisotopic (exact) mass is 273 g/mol. The predicted molar refractivity (Wildman–Crippen MR) is 66.6 cm³/mol. The number of aliphatic hydroxyl groups is 1. The summed E-state index contributed by atoms with van der Waals surface area (Å²) in [6.45, 7) is 2.04. The lowest BCUT2D eigenvalue weighted by Gasteiger charge is -2.21. The van der Waals surface area contributed by atoms with Crippen molar-refractivity contribution in [3.05, 3.63) is 35.4 Å². The molecule has 0 aliphatic heterocycles. The lowest BCUT2D eigenvalue weighted by Crippen LogP contribution is -2.30. The fourth-order valence-corrected chi connectivity index (χ4v) is 2.19. The van der Waals surface area contributed by atoms with Gasteiger partial charge in [0, 0.05) is 12.6 Å². The molecule has 1 aliphatic carbocycles. The molecule has 1 saturated carbocycles. The van der Waals surface area contributed by atoms with Gasteiger partial charge in [-0.25, -0.2) is 0 Å². The topological polar surface area (TPSA) is 32.3 Å². The van der Waals surface area contributed by atoms with Crippen LogP contribution in [0.4, 0.5) is 13.2 Å². The highest BCUT2D eigenvalue weighted by Gasteiger charge is 2.35. The van der Waals surface area contributed by atoms with Crippen molar-refractivity contribution < 1.29 is 18.3 Å². The quantitative estimate of drug-likeness (QED) is 0.864. The molecule has 0 spiro atoms. The number of hydrogen-bond acceptors (Lipinski definition) is 2. The van der Waals surface area contributed by atoms with Gasteiger partial charge in [-0.15, -0.1) is 0 Å². The van der Waals surface area contributed by atoms with Crippen molar-refractivity contribution in [3.8, 4) is 0 Å². The van der Waals surface area contributed by atoms with E-state index >= 15 is 0 Å². The highest BCUT2D eigenvalue weighted by Crippen LogP contribution is 2.42. The van der Waals surface area contributed by atoms with Crippen LogP contribution >= 0.6 is 0 Å². The summed E-state index contributed by atoms with van der Waals surface area (Å²) in [6.07, 6.45) is -2.78. The second kappa shape index (κ2) is 5.51. The fraction of sp³-hybridized carbons (Fsp3) is 0.571. The summed E-state index contributed by atoms with van der Waals surface area (Å²) in [6, 6.07) is 5.35. The number of alkyl halides is 3. The molecule has 0 aromatic heterocycles. The number of rotatable bonds is 5. The summed E-state index contributed by atoms with van der Waals surface area (Å²) < 4.78 is 38.1. The Morgan fingerprint density at radius 2 is 2.05 bits per heavy atom. The van der Waals surface area contributed by atoms with E-state index in [0.717, 1.165) is 18.9 Å². The molecule has 2 rings (SSSR count). The molecule has 1 aliphatic rings. The van der Waals surface area contributed by atoms with Crippen LogP contribution in [0.25, 0.3) is 0 Å². The van der Waals surface area contributed by atoms with Crippen LogP contribution in [0.15, 0.2) is 24.3 Å². The first-order valence-electron chi connectivity index (χ1n) is 6.46. The van der Waals surface area contributed by atoms with Crippen molar-refractivity contribution in [1.82, 2.24) is 5.32 Å². The van der Waals surface area contributed by atoms with Gasteiger partial charge in [-0.1, -0.05) is 12.1 Å². The number of hydrogen-bond donors (Lipinski definition) is 2. The van der Waals surface area contributed by atoms with Crippen LogP contribution in [0, 0.1) is 5.92 Å². The van der Waals surface area contributed by atoms with Crippen LogP contribution in [-0.4, -0.2) is 17.8 Å². The lowest BCUT2D eigenvalue weighted by atomic mass is 9.99. The van der Waals surface area contributed by atoms with Crippen molar-refractivity contribution >= 4 is 0 Å². The first kappa shape index (κ1) is 14.3. The molecule has 5 heteroatoms. The SMILES string of the molecule is CC(O)CNC(c1cccc(C(F)(F)F)c1)C1CC1. The van der Waals surface area contributed by atoms with E-state index in [2.05, 4.69) is 5.32 Å². The Balaban J connectivity index is 2.17. The van der Waals surface area contributed by atoms with Crippen molar-refractivity contribution in [2.75, 3.05) is 6.54 Å². The minimum Gasteiger partial charge on any atom is -0.392 e. The van der Waals surface area contributed by atoms with Crippen LogP contribution in [0.1, 0.15) is 36.9 Å². The number of aliphatic hydroxyl groups excluding tert-OH is 1. The zero-order valence-corrected chi connectivity index (χ0v) is 10.7. The molecular formula is C14H18F3NO. The normalized spacial score (nSPS) is 19.2. The van der Waals surface area contributed by atoms with E-state index in [1.54, 1.807) is 13.0 Å². The van der Waals surface area contributed by atoms with Crippen LogP contribution in [0.5, 0.6) is 0 Å². The van der Waals surface area contributed by atoms with Crippen molar-refractivity contribution in [3.63, 3.8) is 0 Å². The first-order chi connectivity index (χ1) is 8.88. The van der Waals surface area contributed by atoms with E-state index in [1.165, 1.54) is 12.1 Å². The Kier molecular flexibility index (Phi) is 4.16. The van der Waals surface area contributed by atoms with Gasteiger partial charge < -0.3 is 10.4 Å². The number of halogens is 3. The zero-order valence-electron chi connectivity index (χ0n) is 10.7. The maximum absolute atomic E-state index is 12.7. The average Bonchev–Trinajstić information content (AvgIpc) is 3.13. The third-order valence-corrected chi connectivity index (χ3v) is 3.30. The van der Waals surface area contributed by atoms with Gasteiger partial charge in [-0.2, -0.15) is 13.2 Å². The summed E-state index contributed by atoms with van der Waals surface area (Å²) in [7, 11) is 0. The second-order valence-corrected chi connectivity index (χ2v) is 5.20. The number of benzene rings is 1. The Morgan fingerprint density at radius 1 is 1.37 bits per heavy atom. The minimum atomic E-state index is -4.31. The third kappa shape index (κ3) is 3.94. The largest absolute Gasteiger partial charge is 0.416 e. The fourth-order valence-electron chi connectivity index (χ4n) is 2.19. The van der Waals surface area contributed by atoms with Gasteiger partial charge in [0.2, 0.25) is 0 Å². The molecule has 1 aromatic carbocycles. The maximum Gasteiger partial charge on any atom is 0.416 e. The van der Waals surface area contributed by atoms with Crippen LogP contribution in [0.3, 0.4) is 0 Å². The molecule has 0 heterocycles. The first-order valence-corrected chi connectivity index (χ1v) is 6.46. The van der Waals surface area contributed by atoms with Gasteiger partial charge >= 0.3 is 6.18 Å². The number of nitrogens with one attached hydrogen (secondary N) is 1. The van der Waals surface area contributed by atoms with Gasteiger partial charge in [-0.3, -0.25) is 0 Å². The molecule has 2 N–H and O–H groups in total. The van der Waals surface area contributed by atoms with Crippen LogP contribution in [0.2, 0.25) is 0 Å². The summed E-state index contributed by atoms with van der Waals surface area (Å²) >= 11 is 0. The molecule has 0 bridgehead atoms. The summed E-state index contributed by atoms with van der Waals surface area (Å²) in [5.74, 6) is 0.377. The molecular weight excluding hydrogens is 255 g/mol. The highest BCUT2D eigenvalue weighted by atomic mass is 19.4. The van der Waals surface area contributed by atoms with E-state index in [-0.39, 0.29) is 6.04 Å². The van der Waals surface area contributed by atoms with E-state index < -0.39 is 17.8 Å². The van der Waals surface area contributed by atoms with E-state index in [1.807, 2.05) is 0 Å². The van der Waals surface area contributed by atoms with Crippen molar-refractivity contribution in [2.24, 2.45) is 5.92 Å². The molecule has 2 unspecified atom stereocenters. The Morgan fingerprint density at radius 3 is 2.58 bits per heavy atom. The molecule has 1 fully saturated rings. The molecule has 2 atom stereocenters. The van der Waals surface area contributed by atoms with Crippen LogP contribution < -0.4 is 5.32 Å². The van der Waals surface area contributed by atoms with Crippen LogP contribution in [-0.2, 0) is 6.18 Å². The smallest absolute Gasteiger partial charge is 0.392 e. The molecule has 0 radical (unpaired) electrons. The van der Waals surface area contributed by atoms with Gasteiger partial charge in [0.25, 0.3) is 0 Å². The van der Waals surface area contributed by atoms with Gasteiger partial charge in [0.1, 0.15) is 0 Å². The maximum atomic E-state index is 12.7. The third-order valence-electron chi connectivity index (χ3n) is 3.30. The Hall–Kier alpha value is -1.07. The predicted octanol–water partition coefficient (Wildman–Crippen LogP) is 3.13. The minimum absolute atomic E-state index is 0.100. The summed E-state index contributed by atoms with van der Waals surface area (Å²) in [5, 5.41) is 12.5. The highest BCUT2D eigenvalue weighted by molar-refractivity contribution is 5.29. The molecule has 0 saturated heterocycles. The molecule has 0 amide bonds. The van der Waals surface area contributed by atoms with E-state index in [9.17, 15) is 18.3 Å². The standard InChI is InChI=1S/C14H18F3NO/c1-9(19)8-18-13(10-5-6-10)11-3-2-4-12(7-11)14(15,16)17/h2-4,7,9-10,13,18-19H,5-6,8H2,1H3. The zero-order chi connectivity index (χ0) is 14.0. The Labute approximate surface area is 110 Å². The second-order valence-electron chi connectivity index (χ2n) is 5.20. The molecule has 1 aromatic rings.